The fourth-order valence-electron chi connectivity index (χ4n) is 2.01. The number of carbonyl (C=O) groups is 1. The first-order valence-corrected chi connectivity index (χ1v) is 7.88. The van der Waals surface area contributed by atoms with Crippen LogP contribution >= 0.6 is 11.8 Å². The average Bonchev–Trinajstić information content (AvgIpc) is 3.32. The summed E-state index contributed by atoms with van der Waals surface area (Å²) >= 11 is 1.76. The average molecular weight is 283 g/mol. The topological polar surface area (TPSA) is 29.1 Å². The molecule has 3 heteroatoms. The Balaban J connectivity index is 1.67. The van der Waals surface area contributed by atoms with E-state index in [1.807, 2.05) is 24.3 Å². The maximum atomic E-state index is 11.9. The molecule has 2 nitrogen and oxygen atoms in total. The van der Waals surface area contributed by atoms with Gasteiger partial charge in [-0.1, -0.05) is 42.5 Å². The normalized spacial score (nSPS) is 14.0. The van der Waals surface area contributed by atoms with Crippen LogP contribution in [-0.4, -0.2) is 5.91 Å². The van der Waals surface area contributed by atoms with E-state index >= 15 is 0 Å². The Hall–Kier alpha value is -1.74. The van der Waals surface area contributed by atoms with Crippen molar-refractivity contribution in [1.29, 1.82) is 0 Å². The molecular formula is C17H17NOS. The van der Waals surface area contributed by atoms with Crippen LogP contribution in [-0.2, 0) is 10.5 Å². The van der Waals surface area contributed by atoms with Crippen molar-refractivity contribution in [3.8, 4) is 0 Å². The molecule has 0 heterocycles. The van der Waals surface area contributed by atoms with Crippen LogP contribution < -0.4 is 5.32 Å². The molecule has 1 N–H and O–H groups in total. The van der Waals surface area contributed by atoms with Crippen LogP contribution in [0.15, 0.2) is 59.5 Å². The molecule has 20 heavy (non-hydrogen) atoms. The second kappa shape index (κ2) is 6.14. The number of benzene rings is 2. The van der Waals surface area contributed by atoms with Gasteiger partial charge in [0.15, 0.2) is 0 Å². The van der Waals surface area contributed by atoms with E-state index in [1.165, 1.54) is 5.56 Å². The van der Waals surface area contributed by atoms with Gasteiger partial charge in [-0.2, -0.15) is 0 Å². The van der Waals surface area contributed by atoms with Crippen LogP contribution in [0.5, 0.6) is 0 Å². The van der Waals surface area contributed by atoms with Gasteiger partial charge >= 0.3 is 0 Å². The quantitative estimate of drug-likeness (QED) is 0.828. The fourth-order valence-corrected chi connectivity index (χ4v) is 2.98. The summed E-state index contributed by atoms with van der Waals surface area (Å²) in [7, 11) is 0. The lowest BCUT2D eigenvalue weighted by Crippen LogP contribution is -2.13. The molecule has 0 aliphatic heterocycles. The van der Waals surface area contributed by atoms with E-state index in [2.05, 4.69) is 35.6 Å². The predicted octanol–water partition coefficient (Wildman–Crippen LogP) is 4.33. The number of carbonyl (C=O) groups excluding carboxylic acids is 1. The molecule has 3 rings (SSSR count). The smallest absolute Gasteiger partial charge is 0.227 e. The summed E-state index contributed by atoms with van der Waals surface area (Å²) < 4.78 is 0. The van der Waals surface area contributed by atoms with E-state index in [0.717, 1.165) is 29.2 Å². The number of thioether (sulfide) groups is 1. The van der Waals surface area contributed by atoms with Crippen molar-refractivity contribution in [2.45, 2.75) is 23.5 Å². The monoisotopic (exact) mass is 283 g/mol. The zero-order valence-electron chi connectivity index (χ0n) is 11.2. The van der Waals surface area contributed by atoms with Gasteiger partial charge in [0.2, 0.25) is 5.91 Å². The number of rotatable bonds is 5. The summed E-state index contributed by atoms with van der Waals surface area (Å²) in [6.45, 7) is 0. The predicted molar refractivity (Wildman–Crippen MR) is 83.8 cm³/mol. The second-order valence-corrected chi connectivity index (χ2v) is 6.05. The van der Waals surface area contributed by atoms with E-state index in [0.29, 0.717) is 0 Å². The Morgan fingerprint density at radius 1 is 1.05 bits per heavy atom. The van der Waals surface area contributed by atoms with Crippen LogP contribution in [0, 0.1) is 5.92 Å². The molecule has 102 valence electrons. The van der Waals surface area contributed by atoms with Gasteiger partial charge in [0.25, 0.3) is 0 Å². The first-order valence-electron chi connectivity index (χ1n) is 6.89. The minimum Gasteiger partial charge on any atom is -0.325 e. The van der Waals surface area contributed by atoms with Gasteiger partial charge in [-0.25, -0.2) is 0 Å². The highest BCUT2D eigenvalue weighted by molar-refractivity contribution is 7.98. The molecule has 1 aliphatic carbocycles. The number of hydrogen-bond donors (Lipinski definition) is 1. The maximum Gasteiger partial charge on any atom is 0.227 e. The number of hydrogen-bond acceptors (Lipinski definition) is 2. The van der Waals surface area contributed by atoms with Gasteiger partial charge in [-0.05, 0) is 30.5 Å². The lowest BCUT2D eigenvalue weighted by atomic mass is 10.2. The molecule has 1 aliphatic rings. The third kappa shape index (κ3) is 3.42. The SMILES string of the molecule is O=C(Nc1ccccc1SCc1ccccc1)C1CC1. The van der Waals surface area contributed by atoms with E-state index < -0.39 is 0 Å². The number of para-hydroxylation sites is 1. The minimum absolute atomic E-state index is 0.165. The van der Waals surface area contributed by atoms with Crippen molar-refractivity contribution in [3.63, 3.8) is 0 Å². The minimum atomic E-state index is 0.165. The van der Waals surface area contributed by atoms with Crippen LogP contribution in [0.25, 0.3) is 0 Å². The van der Waals surface area contributed by atoms with Gasteiger partial charge < -0.3 is 5.32 Å². The molecule has 0 atom stereocenters. The molecule has 0 bridgehead atoms. The maximum absolute atomic E-state index is 11.9. The van der Waals surface area contributed by atoms with Crippen LogP contribution in [0.1, 0.15) is 18.4 Å². The molecule has 1 amide bonds. The Morgan fingerprint density at radius 3 is 2.50 bits per heavy atom. The largest absolute Gasteiger partial charge is 0.325 e. The van der Waals surface area contributed by atoms with Gasteiger partial charge in [0.1, 0.15) is 0 Å². The van der Waals surface area contributed by atoms with E-state index in [1.54, 1.807) is 11.8 Å². The van der Waals surface area contributed by atoms with E-state index in [4.69, 9.17) is 0 Å². The first-order chi connectivity index (χ1) is 9.83. The van der Waals surface area contributed by atoms with Crippen molar-refractivity contribution in [2.24, 2.45) is 5.92 Å². The van der Waals surface area contributed by atoms with E-state index in [-0.39, 0.29) is 11.8 Å². The fraction of sp³-hybridized carbons (Fsp3) is 0.235. The zero-order chi connectivity index (χ0) is 13.8. The molecule has 2 aromatic rings. The van der Waals surface area contributed by atoms with E-state index in [9.17, 15) is 4.79 Å². The van der Waals surface area contributed by atoms with Crippen molar-refractivity contribution in [1.82, 2.24) is 0 Å². The molecule has 0 aromatic heterocycles. The Bertz CT molecular complexity index is 593. The molecule has 1 saturated carbocycles. The van der Waals surface area contributed by atoms with Crippen molar-refractivity contribution in [3.05, 3.63) is 60.2 Å². The molecule has 1 fully saturated rings. The summed E-state index contributed by atoms with van der Waals surface area (Å²) in [4.78, 5) is 13.0. The molecule has 2 aromatic carbocycles. The third-order valence-electron chi connectivity index (χ3n) is 3.33. The van der Waals surface area contributed by atoms with Gasteiger partial charge in [0, 0.05) is 16.6 Å². The molecule has 0 saturated heterocycles. The summed E-state index contributed by atoms with van der Waals surface area (Å²) in [6.07, 6.45) is 2.07. The Labute approximate surface area is 123 Å². The standard InChI is InChI=1S/C17H17NOS/c19-17(14-10-11-14)18-15-8-4-5-9-16(15)20-12-13-6-2-1-3-7-13/h1-9,14H,10-12H2,(H,18,19). The highest BCUT2D eigenvalue weighted by atomic mass is 32.2. The highest BCUT2D eigenvalue weighted by Crippen LogP contribution is 2.33. The molecule has 0 radical (unpaired) electrons. The Kier molecular flexibility index (Phi) is 4.07. The van der Waals surface area contributed by atoms with Crippen molar-refractivity contribution in [2.75, 3.05) is 5.32 Å². The molecule has 0 unspecified atom stereocenters. The lowest BCUT2D eigenvalue weighted by molar-refractivity contribution is -0.117. The Morgan fingerprint density at radius 2 is 1.75 bits per heavy atom. The number of anilines is 1. The summed E-state index contributed by atoms with van der Waals surface area (Å²) in [5.41, 5.74) is 2.23. The van der Waals surface area contributed by atoms with Gasteiger partial charge in [-0.3, -0.25) is 4.79 Å². The molecular weight excluding hydrogens is 266 g/mol. The summed E-state index contributed by atoms with van der Waals surface area (Å²) in [5.74, 6) is 1.32. The highest BCUT2D eigenvalue weighted by Gasteiger charge is 2.29. The van der Waals surface area contributed by atoms with Crippen molar-refractivity contribution >= 4 is 23.4 Å². The number of nitrogens with one attached hydrogen (secondary N) is 1. The summed E-state index contributed by atoms with van der Waals surface area (Å²) in [5, 5.41) is 3.05. The number of amides is 1. The second-order valence-electron chi connectivity index (χ2n) is 5.03. The lowest BCUT2D eigenvalue weighted by Gasteiger charge is -2.10. The third-order valence-corrected chi connectivity index (χ3v) is 4.47. The zero-order valence-corrected chi connectivity index (χ0v) is 12.0. The van der Waals surface area contributed by atoms with Crippen molar-refractivity contribution < 1.29 is 4.79 Å². The van der Waals surface area contributed by atoms with Crippen LogP contribution in [0.4, 0.5) is 5.69 Å². The molecule has 0 spiro atoms. The van der Waals surface area contributed by atoms with Gasteiger partial charge in [0.05, 0.1) is 5.69 Å². The van der Waals surface area contributed by atoms with Crippen LogP contribution in [0.3, 0.4) is 0 Å². The first kappa shape index (κ1) is 13.3. The van der Waals surface area contributed by atoms with Gasteiger partial charge in [-0.15, -0.1) is 11.8 Å². The summed E-state index contributed by atoms with van der Waals surface area (Å²) in [6, 6.07) is 18.4. The van der Waals surface area contributed by atoms with Crippen LogP contribution in [0.2, 0.25) is 0 Å².